The monoisotopic (exact) mass is 586 g/mol. The Kier molecular flexibility index (Phi) is 15.5. The van der Waals surface area contributed by atoms with E-state index in [2.05, 4.69) is 38.7 Å². The molecule has 0 spiro atoms. The van der Waals surface area contributed by atoms with Gasteiger partial charge in [0.25, 0.3) is 0 Å². The minimum absolute atomic E-state index is 0.0527. The topological polar surface area (TPSA) is 81.7 Å². The maximum absolute atomic E-state index is 13.0. The molecule has 3 aliphatic heterocycles. The van der Waals surface area contributed by atoms with Crippen LogP contribution in [-0.2, 0) is 38.0 Å². The molecule has 0 aromatic rings. The van der Waals surface area contributed by atoms with Crippen LogP contribution >= 0.6 is 0 Å². The average molecular weight is 587 g/mol. The summed E-state index contributed by atoms with van der Waals surface area (Å²) < 4.78 is 40.5. The molecule has 0 aromatic carbocycles. The zero-order chi connectivity index (χ0) is 30.2. The second kappa shape index (κ2) is 19.1. The highest BCUT2D eigenvalue weighted by molar-refractivity contribution is 5.82. The molecule has 0 N–H and O–H groups in total. The highest BCUT2D eigenvalue weighted by Crippen LogP contribution is 2.26. The summed E-state index contributed by atoms with van der Waals surface area (Å²) in [4.78, 5) is 13.0. The molecular formula is C34H50O8. The molecule has 3 rings (SSSR count). The van der Waals surface area contributed by atoms with Crippen LogP contribution in [0.15, 0.2) is 72.4 Å². The predicted molar refractivity (Wildman–Crippen MR) is 163 cm³/mol. The second-order valence-corrected chi connectivity index (χ2v) is 11.4. The number of carbonyl (C=O) groups is 1. The lowest BCUT2D eigenvalue weighted by molar-refractivity contribution is -0.154. The number of carbonyl (C=O) groups excluding carboxylic acids is 1. The smallest absolute Gasteiger partial charge is 0.330 e. The fraction of sp³-hybridized carbons (Fsp3) is 0.618. The van der Waals surface area contributed by atoms with Gasteiger partial charge in [0.1, 0.15) is 25.8 Å². The number of methoxy groups -OCH3 is 2. The van der Waals surface area contributed by atoms with Gasteiger partial charge in [0, 0.05) is 26.7 Å². The number of rotatable bonds is 9. The Morgan fingerprint density at radius 3 is 2.64 bits per heavy atom. The normalized spacial score (nSPS) is 32.4. The maximum Gasteiger partial charge on any atom is 0.330 e. The van der Waals surface area contributed by atoms with Crippen molar-refractivity contribution < 1.29 is 38.0 Å². The fourth-order valence-corrected chi connectivity index (χ4v) is 5.41. The first-order chi connectivity index (χ1) is 20.4. The van der Waals surface area contributed by atoms with Gasteiger partial charge in [0.15, 0.2) is 0 Å². The van der Waals surface area contributed by atoms with Crippen molar-refractivity contribution in [1.29, 1.82) is 0 Å². The maximum atomic E-state index is 13.0. The van der Waals surface area contributed by atoms with Gasteiger partial charge in [-0.2, -0.15) is 0 Å². The van der Waals surface area contributed by atoms with E-state index in [4.69, 9.17) is 33.2 Å². The van der Waals surface area contributed by atoms with Crippen LogP contribution < -0.4 is 0 Å². The van der Waals surface area contributed by atoms with Crippen molar-refractivity contribution in [3.8, 4) is 0 Å². The van der Waals surface area contributed by atoms with Gasteiger partial charge in [0.2, 0.25) is 0 Å². The van der Waals surface area contributed by atoms with Gasteiger partial charge < -0.3 is 33.2 Å². The van der Waals surface area contributed by atoms with Crippen LogP contribution in [0, 0.1) is 5.92 Å². The second-order valence-electron chi connectivity index (χ2n) is 11.4. The largest absolute Gasteiger partial charge is 0.456 e. The summed E-state index contributed by atoms with van der Waals surface area (Å²) >= 11 is 0. The molecule has 0 aromatic heterocycles. The summed E-state index contributed by atoms with van der Waals surface area (Å²) in [5.74, 6) is -0.0134. The van der Waals surface area contributed by atoms with Gasteiger partial charge in [-0.15, -0.1) is 0 Å². The molecule has 8 heteroatoms. The number of ether oxygens (including phenoxy) is 7. The Morgan fingerprint density at radius 2 is 1.86 bits per heavy atom. The summed E-state index contributed by atoms with van der Waals surface area (Å²) in [5, 5.41) is 0. The minimum atomic E-state index is -0.606. The van der Waals surface area contributed by atoms with Crippen LogP contribution in [0.2, 0.25) is 0 Å². The van der Waals surface area contributed by atoms with E-state index >= 15 is 0 Å². The molecule has 2 bridgehead atoms. The van der Waals surface area contributed by atoms with Crippen molar-refractivity contribution in [3.63, 3.8) is 0 Å². The van der Waals surface area contributed by atoms with Crippen molar-refractivity contribution in [2.45, 2.75) is 95.4 Å². The lowest BCUT2D eigenvalue weighted by Crippen LogP contribution is -2.33. The average Bonchev–Trinajstić information content (AvgIpc) is 2.95. The van der Waals surface area contributed by atoms with Gasteiger partial charge in [0.05, 0.1) is 31.0 Å². The number of cyclic esters (lactones) is 1. The van der Waals surface area contributed by atoms with E-state index < -0.39 is 18.2 Å². The van der Waals surface area contributed by atoms with Gasteiger partial charge in [-0.1, -0.05) is 73.3 Å². The van der Waals surface area contributed by atoms with Crippen LogP contribution in [0.3, 0.4) is 0 Å². The molecule has 8 nitrogen and oxygen atoms in total. The predicted octanol–water partition coefficient (Wildman–Crippen LogP) is 6.15. The molecule has 7 atom stereocenters. The molecule has 234 valence electrons. The van der Waals surface area contributed by atoms with Crippen LogP contribution in [-0.4, -0.2) is 77.0 Å². The van der Waals surface area contributed by atoms with Crippen molar-refractivity contribution in [3.05, 3.63) is 72.4 Å². The Labute approximate surface area is 252 Å². The Morgan fingerprint density at radius 1 is 1.05 bits per heavy atom. The third kappa shape index (κ3) is 12.9. The van der Waals surface area contributed by atoms with Crippen molar-refractivity contribution in [2.75, 3.05) is 34.4 Å². The highest BCUT2D eigenvalue weighted by atomic mass is 16.7. The number of hydrogen-bond donors (Lipinski definition) is 0. The van der Waals surface area contributed by atoms with E-state index in [-0.39, 0.29) is 38.0 Å². The van der Waals surface area contributed by atoms with Crippen molar-refractivity contribution in [2.24, 2.45) is 5.92 Å². The quantitative estimate of drug-likeness (QED) is 0.181. The molecule has 3 aliphatic rings. The van der Waals surface area contributed by atoms with E-state index in [9.17, 15) is 4.79 Å². The standard InChI is InChI=1S/C34H50O8/c1-25-17-18-38-30(20-25)15-16-32(40-24-37-5)33-13-7-11-29(39-23-36-4)21-26(2)19-27(3)22-31-12-6-9-28(41-31)10-8-14-34(35)42-33/h6-9,11,14-17,27-33H,2,10,12-13,18-24H2,1,3-5H3/b11-7+,14-8-,16-15+/t27-,28-,29+,30+,31-,32-,33-/m0/s1. The first kappa shape index (κ1) is 34.2. The number of esters is 1. The highest BCUT2D eigenvalue weighted by Gasteiger charge is 2.25. The zero-order valence-corrected chi connectivity index (χ0v) is 25.8. The molecule has 3 heterocycles. The van der Waals surface area contributed by atoms with Crippen molar-refractivity contribution in [1.82, 2.24) is 0 Å². The molecule has 0 amide bonds. The first-order valence-electron chi connectivity index (χ1n) is 15.1. The SMILES string of the molecule is C=C1C[C@H](C)C[C@@H]2CC=C[C@@H](C/C=C\C(=O)O[C@H]([C@H](/C=C/[C@@H]3CC(C)=CCO3)OCOC)C/C=C/[C@@H](OCOC)C1)O2. The lowest BCUT2D eigenvalue weighted by atomic mass is 9.91. The summed E-state index contributed by atoms with van der Waals surface area (Å²) in [6.45, 7) is 9.48. The summed E-state index contributed by atoms with van der Waals surface area (Å²) in [5.41, 5.74) is 2.39. The van der Waals surface area contributed by atoms with E-state index in [1.807, 2.05) is 30.4 Å². The van der Waals surface area contributed by atoms with Gasteiger partial charge in [-0.25, -0.2) is 4.79 Å². The Bertz CT molecular complexity index is 980. The molecule has 0 fully saturated rings. The molecule has 0 aliphatic carbocycles. The van der Waals surface area contributed by atoms with Gasteiger partial charge in [-0.05, 0) is 51.4 Å². The van der Waals surface area contributed by atoms with Gasteiger partial charge >= 0.3 is 5.97 Å². The zero-order valence-electron chi connectivity index (χ0n) is 25.8. The third-order valence-electron chi connectivity index (χ3n) is 7.44. The minimum Gasteiger partial charge on any atom is -0.456 e. The van der Waals surface area contributed by atoms with E-state index in [0.29, 0.717) is 31.8 Å². The van der Waals surface area contributed by atoms with E-state index in [0.717, 1.165) is 31.3 Å². The lowest BCUT2D eigenvalue weighted by Gasteiger charge is -2.28. The Hall–Kier alpha value is -2.33. The van der Waals surface area contributed by atoms with Crippen LogP contribution in [0.25, 0.3) is 0 Å². The molecule has 42 heavy (non-hydrogen) atoms. The Balaban J connectivity index is 1.83. The van der Waals surface area contributed by atoms with E-state index in [1.54, 1.807) is 14.2 Å². The first-order valence-corrected chi connectivity index (χ1v) is 15.1. The van der Waals surface area contributed by atoms with Crippen LogP contribution in [0.5, 0.6) is 0 Å². The fourth-order valence-electron chi connectivity index (χ4n) is 5.41. The summed E-state index contributed by atoms with van der Waals surface area (Å²) in [6, 6.07) is 0. The molecule has 0 unspecified atom stereocenters. The summed E-state index contributed by atoms with van der Waals surface area (Å²) in [6.07, 6.45) is 21.3. The van der Waals surface area contributed by atoms with Gasteiger partial charge in [-0.3, -0.25) is 0 Å². The number of hydrogen-bond acceptors (Lipinski definition) is 8. The molecule has 0 radical (unpaired) electrons. The molecule has 0 saturated carbocycles. The number of fused-ring (bicyclic) bond motifs is 2. The molecular weight excluding hydrogens is 536 g/mol. The van der Waals surface area contributed by atoms with E-state index in [1.165, 1.54) is 11.6 Å². The van der Waals surface area contributed by atoms with Crippen molar-refractivity contribution >= 4 is 5.97 Å². The van der Waals surface area contributed by atoms with Crippen LogP contribution in [0.4, 0.5) is 0 Å². The third-order valence-corrected chi connectivity index (χ3v) is 7.44. The summed E-state index contributed by atoms with van der Waals surface area (Å²) in [7, 11) is 3.17. The van der Waals surface area contributed by atoms with Crippen LogP contribution in [0.1, 0.15) is 58.8 Å². The molecule has 0 saturated heterocycles.